The second-order valence-corrected chi connectivity index (χ2v) is 7.56. The van der Waals surface area contributed by atoms with Crippen molar-refractivity contribution < 1.29 is 0 Å². The molecule has 0 fully saturated rings. The number of allylic oxidation sites excluding steroid dienone is 5. The average Bonchev–Trinajstić information content (AvgIpc) is 2.83. The Balaban J connectivity index is 1.61. The van der Waals surface area contributed by atoms with Gasteiger partial charge in [0.15, 0.2) is 0 Å². The molecule has 2 nitrogen and oxygen atoms in total. The highest BCUT2D eigenvalue weighted by Crippen LogP contribution is 2.46. The lowest BCUT2D eigenvalue weighted by Crippen LogP contribution is -2.22. The van der Waals surface area contributed by atoms with Crippen LogP contribution in [0.3, 0.4) is 0 Å². The zero-order valence-electron chi connectivity index (χ0n) is 15.7. The van der Waals surface area contributed by atoms with Crippen LogP contribution in [0.5, 0.6) is 0 Å². The van der Waals surface area contributed by atoms with Crippen molar-refractivity contribution in [3.8, 4) is 0 Å². The Hall–Kier alpha value is -2.87. The molecule has 130 valence electrons. The molecule has 2 aromatic rings. The third kappa shape index (κ3) is 2.72. The van der Waals surface area contributed by atoms with E-state index in [0.717, 1.165) is 23.4 Å². The van der Waals surface area contributed by atoms with Crippen molar-refractivity contribution in [2.45, 2.75) is 25.7 Å². The van der Waals surface area contributed by atoms with E-state index in [1.54, 1.807) is 0 Å². The molecule has 1 aromatic carbocycles. The smallest absolute Gasteiger partial charge is 0.0672 e. The second kappa shape index (κ2) is 6.14. The molecule has 0 amide bonds. The van der Waals surface area contributed by atoms with Crippen LogP contribution in [0.25, 0.3) is 12.2 Å². The van der Waals surface area contributed by atoms with Gasteiger partial charge in [0, 0.05) is 23.8 Å². The summed E-state index contributed by atoms with van der Waals surface area (Å²) in [6.45, 7) is 8.59. The molecule has 2 heterocycles. The molecular formula is C24H24N2. The Bertz CT molecular complexity index is 973. The predicted molar refractivity (Wildman–Crippen MR) is 111 cm³/mol. The minimum Gasteiger partial charge on any atom is -0.347 e. The van der Waals surface area contributed by atoms with E-state index in [1.807, 2.05) is 0 Å². The average molecular weight is 340 g/mol. The lowest BCUT2D eigenvalue weighted by molar-refractivity contribution is 0.640. The van der Waals surface area contributed by atoms with Gasteiger partial charge in [-0.1, -0.05) is 62.4 Å². The van der Waals surface area contributed by atoms with Crippen LogP contribution in [0.2, 0.25) is 0 Å². The van der Waals surface area contributed by atoms with Gasteiger partial charge in [-0.15, -0.1) is 0 Å². The molecule has 4 rings (SSSR count). The molecule has 1 aliphatic heterocycles. The molecule has 0 N–H and O–H groups in total. The van der Waals surface area contributed by atoms with Gasteiger partial charge >= 0.3 is 0 Å². The number of hydrogen-bond acceptors (Lipinski definition) is 2. The maximum absolute atomic E-state index is 4.75. The van der Waals surface area contributed by atoms with E-state index >= 15 is 0 Å². The number of hydrogen-bond donors (Lipinski definition) is 0. The maximum Gasteiger partial charge on any atom is 0.0672 e. The molecule has 0 bridgehead atoms. The van der Waals surface area contributed by atoms with E-state index in [1.165, 1.54) is 22.5 Å². The van der Waals surface area contributed by atoms with Gasteiger partial charge in [-0.05, 0) is 47.9 Å². The van der Waals surface area contributed by atoms with Crippen molar-refractivity contribution >= 4 is 17.8 Å². The summed E-state index contributed by atoms with van der Waals surface area (Å²) in [6, 6.07) is 12.9. The van der Waals surface area contributed by atoms with Crippen molar-refractivity contribution in [2.24, 2.45) is 0 Å². The van der Waals surface area contributed by atoms with Crippen LogP contribution in [0, 0.1) is 0 Å². The fourth-order valence-electron chi connectivity index (χ4n) is 3.95. The van der Waals surface area contributed by atoms with E-state index in [0.29, 0.717) is 0 Å². The monoisotopic (exact) mass is 340 g/mol. The van der Waals surface area contributed by atoms with Crippen LogP contribution in [0.15, 0.2) is 72.5 Å². The van der Waals surface area contributed by atoms with Crippen LogP contribution in [-0.2, 0) is 11.8 Å². The van der Waals surface area contributed by atoms with Gasteiger partial charge in [-0.25, -0.2) is 4.98 Å². The van der Waals surface area contributed by atoms with Gasteiger partial charge in [0.25, 0.3) is 0 Å². The van der Waals surface area contributed by atoms with Crippen LogP contribution in [-0.4, -0.2) is 12.0 Å². The molecule has 0 radical (unpaired) electrons. The first-order chi connectivity index (χ1) is 12.5. The van der Waals surface area contributed by atoms with E-state index < -0.39 is 0 Å². The Morgan fingerprint density at radius 3 is 2.73 bits per heavy atom. The number of fused-ring (bicyclic) bond motifs is 2. The fraction of sp³-hybridized carbons (Fsp3) is 0.208. The fourth-order valence-corrected chi connectivity index (χ4v) is 3.95. The molecule has 0 spiro atoms. The lowest BCUT2D eigenvalue weighted by Gasteiger charge is -2.23. The summed E-state index contributed by atoms with van der Waals surface area (Å²) < 4.78 is 0. The number of nitrogens with zero attached hydrogens (tertiary/aromatic N) is 2. The summed E-state index contributed by atoms with van der Waals surface area (Å²) in [5, 5.41) is 0. The van der Waals surface area contributed by atoms with Crippen molar-refractivity contribution in [1.82, 2.24) is 4.98 Å². The highest BCUT2D eigenvalue weighted by atomic mass is 15.2. The largest absolute Gasteiger partial charge is 0.347 e. The van der Waals surface area contributed by atoms with Gasteiger partial charge in [0.1, 0.15) is 0 Å². The van der Waals surface area contributed by atoms with Crippen molar-refractivity contribution in [3.63, 3.8) is 0 Å². The topological polar surface area (TPSA) is 16.1 Å². The Morgan fingerprint density at radius 2 is 1.92 bits per heavy atom. The van der Waals surface area contributed by atoms with Crippen LogP contribution >= 0.6 is 0 Å². The Morgan fingerprint density at radius 1 is 1.12 bits per heavy atom. The zero-order chi connectivity index (χ0) is 18.3. The first-order valence-electron chi connectivity index (χ1n) is 9.05. The Kier molecular flexibility index (Phi) is 3.91. The third-order valence-electron chi connectivity index (χ3n) is 5.39. The zero-order valence-corrected chi connectivity index (χ0v) is 15.7. The van der Waals surface area contributed by atoms with Gasteiger partial charge in [0.05, 0.1) is 11.4 Å². The molecule has 0 atom stereocenters. The SMILES string of the molecule is C=C1C=Cc2nc(C=CC=C3N(C)c4ccccc4C3(C)C)ccc2C1. The normalized spacial score (nSPS) is 19.3. The number of aromatic nitrogens is 1. The highest BCUT2D eigenvalue weighted by molar-refractivity contribution is 5.70. The van der Waals surface area contributed by atoms with Crippen LogP contribution in [0.1, 0.15) is 36.4 Å². The van der Waals surface area contributed by atoms with Crippen molar-refractivity contribution in [1.29, 1.82) is 0 Å². The van der Waals surface area contributed by atoms with Gasteiger partial charge in [-0.3, -0.25) is 0 Å². The molecule has 1 aromatic heterocycles. The number of pyridine rings is 1. The molecule has 0 saturated carbocycles. The maximum atomic E-state index is 4.75. The number of anilines is 1. The number of likely N-dealkylation sites (N-methyl/N-ethyl adjacent to an activating group) is 1. The first kappa shape index (κ1) is 16.6. The molecule has 26 heavy (non-hydrogen) atoms. The van der Waals surface area contributed by atoms with Gasteiger partial charge < -0.3 is 4.90 Å². The molecule has 2 aliphatic rings. The number of para-hydroxylation sites is 1. The van der Waals surface area contributed by atoms with Crippen LogP contribution < -0.4 is 4.90 Å². The number of benzene rings is 1. The molecule has 2 heteroatoms. The Labute approximate surface area is 155 Å². The molecular weight excluding hydrogens is 316 g/mol. The number of rotatable bonds is 2. The second-order valence-electron chi connectivity index (χ2n) is 7.56. The first-order valence-corrected chi connectivity index (χ1v) is 9.05. The standard InChI is InChI=1S/C24H24N2/c1-17-12-15-21-18(16-17)13-14-19(25-21)8-7-11-23-24(2,3)20-9-5-6-10-22(20)26(23)4/h5-15H,1,16H2,2-4H3. The summed E-state index contributed by atoms with van der Waals surface area (Å²) in [4.78, 5) is 7.04. The quantitative estimate of drug-likeness (QED) is 0.714. The molecule has 1 aliphatic carbocycles. The van der Waals surface area contributed by atoms with E-state index in [2.05, 4.69) is 99.2 Å². The van der Waals surface area contributed by atoms with E-state index in [-0.39, 0.29) is 5.41 Å². The minimum atomic E-state index is 0.00205. The van der Waals surface area contributed by atoms with Gasteiger partial charge in [0.2, 0.25) is 0 Å². The predicted octanol–water partition coefficient (Wildman–Crippen LogP) is 5.53. The van der Waals surface area contributed by atoms with Crippen molar-refractivity contribution in [2.75, 3.05) is 11.9 Å². The van der Waals surface area contributed by atoms with Crippen molar-refractivity contribution in [3.05, 3.63) is 95.0 Å². The summed E-state index contributed by atoms with van der Waals surface area (Å²) in [6.07, 6.45) is 11.4. The summed E-state index contributed by atoms with van der Waals surface area (Å²) in [7, 11) is 2.14. The summed E-state index contributed by atoms with van der Waals surface area (Å²) >= 11 is 0. The third-order valence-corrected chi connectivity index (χ3v) is 5.39. The lowest BCUT2D eigenvalue weighted by atomic mass is 9.84. The van der Waals surface area contributed by atoms with Gasteiger partial charge in [-0.2, -0.15) is 0 Å². The van der Waals surface area contributed by atoms with E-state index in [4.69, 9.17) is 4.98 Å². The van der Waals surface area contributed by atoms with Crippen LogP contribution in [0.4, 0.5) is 5.69 Å². The summed E-state index contributed by atoms with van der Waals surface area (Å²) in [5.41, 5.74) is 8.38. The minimum absolute atomic E-state index is 0.00205. The molecule has 0 unspecified atom stereocenters. The molecule has 0 saturated heterocycles. The summed E-state index contributed by atoms with van der Waals surface area (Å²) in [5.74, 6) is 0. The highest BCUT2D eigenvalue weighted by Gasteiger charge is 2.37. The van der Waals surface area contributed by atoms with E-state index in [9.17, 15) is 0 Å².